The number of hydrogen-bond donors (Lipinski definition) is 0. The molecule has 0 saturated heterocycles. The molecule has 0 unspecified atom stereocenters. The van der Waals surface area contributed by atoms with Crippen LogP contribution in [0.25, 0.3) is 0 Å². The summed E-state index contributed by atoms with van der Waals surface area (Å²) >= 11 is 1.59. The lowest BCUT2D eigenvalue weighted by molar-refractivity contribution is -0.117. The van der Waals surface area contributed by atoms with E-state index in [1.165, 1.54) is 0 Å². The number of rotatable bonds is 4. The van der Waals surface area contributed by atoms with Gasteiger partial charge in [-0.05, 0) is 31.0 Å². The van der Waals surface area contributed by atoms with Gasteiger partial charge in [-0.1, -0.05) is 0 Å². The standard InChI is InChI=1S/C14H16O3S/c15-12(10-2-3-10)9-18-11-4-5-13-14(8-11)17-7-1-6-16-13/h4-5,8,10H,1-3,6-7,9H2. The molecular weight excluding hydrogens is 248 g/mol. The third-order valence-corrected chi connectivity index (χ3v) is 4.15. The largest absolute Gasteiger partial charge is 0.490 e. The van der Waals surface area contributed by atoms with Crippen molar-refractivity contribution >= 4 is 17.5 Å². The van der Waals surface area contributed by atoms with Crippen LogP contribution in [0, 0.1) is 5.92 Å². The van der Waals surface area contributed by atoms with Crippen molar-refractivity contribution in [3.05, 3.63) is 18.2 Å². The molecule has 1 aromatic rings. The summed E-state index contributed by atoms with van der Waals surface area (Å²) in [5.74, 6) is 2.91. The second-order valence-electron chi connectivity index (χ2n) is 4.69. The lowest BCUT2D eigenvalue weighted by Crippen LogP contribution is -2.03. The first kappa shape index (κ1) is 11.9. The van der Waals surface area contributed by atoms with Gasteiger partial charge in [-0.3, -0.25) is 4.79 Å². The van der Waals surface area contributed by atoms with Gasteiger partial charge in [-0.2, -0.15) is 0 Å². The summed E-state index contributed by atoms with van der Waals surface area (Å²) in [4.78, 5) is 12.7. The Morgan fingerprint density at radius 1 is 1.22 bits per heavy atom. The van der Waals surface area contributed by atoms with E-state index in [9.17, 15) is 4.79 Å². The van der Waals surface area contributed by atoms with E-state index in [2.05, 4.69) is 0 Å². The van der Waals surface area contributed by atoms with Crippen molar-refractivity contribution in [2.24, 2.45) is 5.92 Å². The summed E-state index contributed by atoms with van der Waals surface area (Å²) in [7, 11) is 0. The van der Waals surface area contributed by atoms with Crippen molar-refractivity contribution < 1.29 is 14.3 Å². The summed E-state index contributed by atoms with van der Waals surface area (Å²) in [6.07, 6.45) is 3.08. The highest BCUT2D eigenvalue weighted by Crippen LogP contribution is 2.36. The summed E-state index contributed by atoms with van der Waals surface area (Å²) in [6.45, 7) is 1.40. The first-order valence-electron chi connectivity index (χ1n) is 6.38. The van der Waals surface area contributed by atoms with Gasteiger partial charge in [0.15, 0.2) is 11.5 Å². The van der Waals surface area contributed by atoms with Crippen LogP contribution in [0.3, 0.4) is 0 Å². The van der Waals surface area contributed by atoms with Crippen molar-refractivity contribution in [1.29, 1.82) is 0 Å². The highest BCUT2D eigenvalue weighted by atomic mass is 32.2. The van der Waals surface area contributed by atoms with Crippen LogP contribution in [0.2, 0.25) is 0 Å². The van der Waals surface area contributed by atoms with E-state index in [0.717, 1.165) is 35.7 Å². The Morgan fingerprint density at radius 2 is 2.00 bits per heavy atom. The molecule has 3 nitrogen and oxygen atoms in total. The average Bonchev–Trinajstić information content (AvgIpc) is 3.21. The van der Waals surface area contributed by atoms with Crippen LogP contribution >= 0.6 is 11.8 Å². The van der Waals surface area contributed by atoms with Crippen LogP contribution in [0.1, 0.15) is 19.3 Å². The maximum Gasteiger partial charge on any atom is 0.162 e. The first-order chi connectivity index (χ1) is 8.83. The maximum absolute atomic E-state index is 11.6. The molecule has 1 aromatic carbocycles. The van der Waals surface area contributed by atoms with E-state index in [1.54, 1.807) is 11.8 Å². The van der Waals surface area contributed by atoms with Gasteiger partial charge in [-0.15, -0.1) is 11.8 Å². The number of carbonyl (C=O) groups is 1. The maximum atomic E-state index is 11.6. The molecule has 3 rings (SSSR count). The van der Waals surface area contributed by atoms with E-state index in [0.29, 0.717) is 30.7 Å². The summed E-state index contributed by atoms with van der Waals surface area (Å²) < 4.78 is 11.2. The minimum atomic E-state index is 0.345. The third-order valence-electron chi connectivity index (χ3n) is 3.13. The van der Waals surface area contributed by atoms with E-state index in [1.807, 2.05) is 18.2 Å². The molecule has 1 saturated carbocycles. The van der Waals surface area contributed by atoms with E-state index in [4.69, 9.17) is 9.47 Å². The molecule has 0 spiro atoms. The van der Waals surface area contributed by atoms with Crippen molar-refractivity contribution in [2.75, 3.05) is 19.0 Å². The third kappa shape index (κ3) is 2.80. The summed E-state index contributed by atoms with van der Waals surface area (Å²) in [6, 6.07) is 5.91. The predicted molar refractivity (Wildman–Crippen MR) is 70.5 cm³/mol. The van der Waals surface area contributed by atoms with Crippen LogP contribution in [-0.4, -0.2) is 24.7 Å². The number of ketones is 1. The quantitative estimate of drug-likeness (QED) is 0.783. The predicted octanol–water partition coefficient (Wildman–Crippen LogP) is 2.92. The smallest absolute Gasteiger partial charge is 0.162 e. The molecule has 0 amide bonds. The highest BCUT2D eigenvalue weighted by Gasteiger charge is 2.29. The Bertz CT molecular complexity index is 454. The molecule has 4 heteroatoms. The second kappa shape index (κ2) is 5.22. The van der Waals surface area contributed by atoms with Crippen LogP contribution in [0.15, 0.2) is 23.1 Å². The van der Waals surface area contributed by atoms with E-state index >= 15 is 0 Å². The van der Waals surface area contributed by atoms with Gasteiger partial charge in [0, 0.05) is 17.2 Å². The fourth-order valence-electron chi connectivity index (χ4n) is 1.91. The minimum absolute atomic E-state index is 0.345. The van der Waals surface area contributed by atoms with Crippen LogP contribution in [0.5, 0.6) is 11.5 Å². The van der Waals surface area contributed by atoms with Gasteiger partial charge in [-0.25, -0.2) is 0 Å². The monoisotopic (exact) mass is 264 g/mol. The van der Waals surface area contributed by atoms with E-state index in [-0.39, 0.29) is 0 Å². The fraction of sp³-hybridized carbons (Fsp3) is 0.500. The van der Waals surface area contributed by atoms with Gasteiger partial charge in [0.25, 0.3) is 0 Å². The molecule has 0 bridgehead atoms. The lowest BCUT2D eigenvalue weighted by Gasteiger charge is -2.08. The van der Waals surface area contributed by atoms with Crippen molar-refractivity contribution in [2.45, 2.75) is 24.2 Å². The molecule has 1 aliphatic heterocycles. The molecule has 0 aromatic heterocycles. The Morgan fingerprint density at radius 3 is 2.78 bits per heavy atom. The van der Waals surface area contributed by atoms with Gasteiger partial charge < -0.3 is 9.47 Å². The molecule has 1 aliphatic carbocycles. The van der Waals surface area contributed by atoms with Gasteiger partial charge in [0.1, 0.15) is 5.78 Å². The number of thioether (sulfide) groups is 1. The zero-order valence-corrected chi connectivity index (χ0v) is 11.0. The van der Waals surface area contributed by atoms with Crippen molar-refractivity contribution in [3.63, 3.8) is 0 Å². The molecule has 96 valence electrons. The Labute approximate surface area is 111 Å². The average molecular weight is 264 g/mol. The van der Waals surface area contributed by atoms with Crippen LogP contribution in [-0.2, 0) is 4.79 Å². The Kier molecular flexibility index (Phi) is 3.46. The number of carbonyl (C=O) groups excluding carboxylic acids is 1. The first-order valence-corrected chi connectivity index (χ1v) is 7.36. The Hall–Kier alpha value is -1.16. The number of fused-ring (bicyclic) bond motifs is 1. The number of hydrogen-bond acceptors (Lipinski definition) is 4. The molecule has 2 aliphatic rings. The topological polar surface area (TPSA) is 35.5 Å². The molecule has 0 atom stereocenters. The molecule has 18 heavy (non-hydrogen) atoms. The van der Waals surface area contributed by atoms with Crippen molar-refractivity contribution in [3.8, 4) is 11.5 Å². The highest BCUT2D eigenvalue weighted by molar-refractivity contribution is 8.00. The number of benzene rings is 1. The van der Waals surface area contributed by atoms with E-state index < -0.39 is 0 Å². The minimum Gasteiger partial charge on any atom is -0.490 e. The van der Waals surface area contributed by atoms with Gasteiger partial charge in [0.05, 0.1) is 19.0 Å². The zero-order valence-electron chi connectivity index (χ0n) is 10.2. The summed E-state index contributed by atoms with van der Waals surface area (Å²) in [5.41, 5.74) is 0. The lowest BCUT2D eigenvalue weighted by atomic mass is 10.3. The zero-order chi connectivity index (χ0) is 12.4. The normalized spacial score (nSPS) is 18.2. The molecular formula is C14H16O3S. The molecule has 0 N–H and O–H groups in total. The second-order valence-corrected chi connectivity index (χ2v) is 5.74. The molecule has 0 radical (unpaired) electrons. The number of Topliss-reactive ketones (excluding diaryl/α,β-unsaturated/α-hetero) is 1. The fourth-order valence-corrected chi connectivity index (χ4v) is 2.81. The summed E-state index contributed by atoms with van der Waals surface area (Å²) in [5, 5.41) is 0. The van der Waals surface area contributed by atoms with Gasteiger partial charge >= 0.3 is 0 Å². The van der Waals surface area contributed by atoms with Crippen LogP contribution < -0.4 is 9.47 Å². The van der Waals surface area contributed by atoms with Gasteiger partial charge in [0.2, 0.25) is 0 Å². The van der Waals surface area contributed by atoms with Crippen molar-refractivity contribution in [1.82, 2.24) is 0 Å². The molecule has 1 fully saturated rings. The molecule has 1 heterocycles. The SMILES string of the molecule is O=C(CSc1ccc2c(c1)OCCCO2)C1CC1. The van der Waals surface area contributed by atoms with Crippen LogP contribution in [0.4, 0.5) is 0 Å². The number of ether oxygens (including phenoxy) is 2. The Balaban J connectivity index is 1.65.